The van der Waals surface area contributed by atoms with Gasteiger partial charge in [-0.1, -0.05) is 24.3 Å². The quantitative estimate of drug-likeness (QED) is 0.664. The van der Waals surface area contributed by atoms with Gasteiger partial charge < -0.3 is 9.47 Å². The second-order valence-corrected chi connectivity index (χ2v) is 5.20. The molecule has 25 heavy (non-hydrogen) atoms. The van der Waals surface area contributed by atoms with Crippen molar-refractivity contribution >= 4 is 17.3 Å². The maximum Gasteiger partial charge on any atom is 0.310 e. The van der Waals surface area contributed by atoms with E-state index >= 15 is 0 Å². The van der Waals surface area contributed by atoms with Crippen molar-refractivity contribution in [3.63, 3.8) is 0 Å². The number of ether oxygens (including phenoxy) is 2. The van der Waals surface area contributed by atoms with Gasteiger partial charge in [-0.2, -0.15) is 5.10 Å². The molecule has 1 heterocycles. The number of benzene rings is 2. The molecule has 0 radical (unpaired) electrons. The van der Waals surface area contributed by atoms with Crippen LogP contribution in [0.3, 0.4) is 0 Å². The van der Waals surface area contributed by atoms with Crippen LogP contribution in [0, 0.1) is 10.1 Å². The van der Waals surface area contributed by atoms with Gasteiger partial charge in [0.25, 0.3) is 5.91 Å². The first-order chi connectivity index (χ1) is 12.1. The standard InChI is InChI=1S/C17H15N3O5/c21-17(11-25-16-8-4-2-6-14(16)20(22)23)19-18-13-9-10-24-15-7-3-1-5-12(13)15/h1-8H,9-11H2,(H,19,21)/b18-13-. The van der Waals surface area contributed by atoms with E-state index in [1.54, 1.807) is 6.07 Å². The third-order valence-corrected chi connectivity index (χ3v) is 3.53. The SMILES string of the molecule is O=C(COc1ccccc1[N+](=O)[O-])N/N=C1/CCOc2ccccc21. The van der Waals surface area contributed by atoms with Crippen molar-refractivity contribution in [2.45, 2.75) is 6.42 Å². The van der Waals surface area contributed by atoms with Gasteiger partial charge in [0.1, 0.15) is 5.75 Å². The highest BCUT2D eigenvalue weighted by atomic mass is 16.6. The fourth-order valence-corrected chi connectivity index (χ4v) is 2.37. The predicted octanol–water partition coefficient (Wildman–Crippen LogP) is 2.28. The molecule has 128 valence electrons. The average Bonchev–Trinajstić information content (AvgIpc) is 2.64. The van der Waals surface area contributed by atoms with Gasteiger partial charge in [0.05, 0.1) is 17.2 Å². The van der Waals surface area contributed by atoms with Crippen molar-refractivity contribution in [1.29, 1.82) is 0 Å². The highest BCUT2D eigenvalue weighted by Crippen LogP contribution is 2.26. The molecule has 8 heteroatoms. The molecule has 3 rings (SSSR count). The molecule has 0 unspecified atom stereocenters. The summed E-state index contributed by atoms with van der Waals surface area (Å²) in [7, 11) is 0. The number of nitro benzene ring substituents is 1. The number of nitrogens with one attached hydrogen (secondary N) is 1. The number of nitro groups is 1. The Morgan fingerprint density at radius 1 is 1.24 bits per heavy atom. The molecule has 0 aliphatic carbocycles. The molecule has 8 nitrogen and oxygen atoms in total. The van der Waals surface area contributed by atoms with E-state index in [0.717, 1.165) is 11.3 Å². The van der Waals surface area contributed by atoms with Crippen molar-refractivity contribution in [1.82, 2.24) is 5.43 Å². The number of carbonyl (C=O) groups is 1. The van der Waals surface area contributed by atoms with E-state index in [1.807, 2.05) is 24.3 Å². The summed E-state index contributed by atoms with van der Waals surface area (Å²) >= 11 is 0. The molecule has 0 saturated heterocycles. The third-order valence-electron chi connectivity index (χ3n) is 3.53. The first-order valence-electron chi connectivity index (χ1n) is 7.59. The predicted molar refractivity (Wildman–Crippen MR) is 89.8 cm³/mol. The summed E-state index contributed by atoms with van der Waals surface area (Å²) in [5, 5.41) is 15.0. The highest BCUT2D eigenvalue weighted by Gasteiger charge is 2.17. The van der Waals surface area contributed by atoms with Crippen LogP contribution in [0.25, 0.3) is 0 Å². The lowest BCUT2D eigenvalue weighted by molar-refractivity contribution is -0.385. The second-order valence-electron chi connectivity index (χ2n) is 5.20. The number of hydrazone groups is 1. The Morgan fingerprint density at radius 3 is 2.84 bits per heavy atom. The molecule has 0 fully saturated rings. The van der Waals surface area contributed by atoms with Crippen molar-refractivity contribution in [3.8, 4) is 11.5 Å². The van der Waals surface area contributed by atoms with E-state index in [2.05, 4.69) is 10.5 Å². The van der Waals surface area contributed by atoms with Crippen molar-refractivity contribution in [3.05, 3.63) is 64.2 Å². The van der Waals surface area contributed by atoms with Crippen LogP contribution in [-0.2, 0) is 4.79 Å². The lowest BCUT2D eigenvalue weighted by Crippen LogP contribution is -2.27. The molecule has 1 N–H and O–H groups in total. The Hall–Kier alpha value is -3.42. The minimum Gasteiger partial charge on any atom is -0.492 e. The molecule has 1 aliphatic rings. The molecule has 2 aromatic carbocycles. The molecule has 2 aromatic rings. The minimum atomic E-state index is -0.563. The number of rotatable bonds is 5. The van der Waals surface area contributed by atoms with Gasteiger partial charge in [-0.05, 0) is 18.2 Å². The van der Waals surface area contributed by atoms with Crippen molar-refractivity contribution < 1.29 is 19.2 Å². The van der Waals surface area contributed by atoms with Gasteiger partial charge in [0.2, 0.25) is 0 Å². The number of hydrogen-bond donors (Lipinski definition) is 1. The molecule has 0 atom stereocenters. The fraction of sp³-hybridized carbons (Fsp3) is 0.176. The van der Waals surface area contributed by atoms with Crippen molar-refractivity contribution in [2.75, 3.05) is 13.2 Å². The zero-order valence-corrected chi connectivity index (χ0v) is 13.2. The maximum absolute atomic E-state index is 11.9. The molecule has 0 aromatic heterocycles. The monoisotopic (exact) mass is 341 g/mol. The Morgan fingerprint density at radius 2 is 2.00 bits per heavy atom. The lowest BCUT2D eigenvalue weighted by Gasteiger charge is -2.18. The van der Waals surface area contributed by atoms with Gasteiger partial charge in [-0.15, -0.1) is 0 Å². The van der Waals surface area contributed by atoms with Crippen LogP contribution in [0.5, 0.6) is 11.5 Å². The normalized spacial score (nSPS) is 14.3. The summed E-state index contributed by atoms with van der Waals surface area (Å²) in [4.78, 5) is 22.3. The van der Waals surface area contributed by atoms with E-state index in [0.29, 0.717) is 18.7 Å². The number of carbonyl (C=O) groups excluding carboxylic acids is 1. The first-order valence-corrected chi connectivity index (χ1v) is 7.59. The molecular formula is C17H15N3O5. The Labute approximate surface area is 143 Å². The Kier molecular flexibility index (Phi) is 4.89. The van der Waals surface area contributed by atoms with Crippen LogP contribution >= 0.6 is 0 Å². The molecule has 1 amide bonds. The largest absolute Gasteiger partial charge is 0.492 e. The topological polar surface area (TPSA) is 103 Å². The van der Waals surface area contributed by atoms with E-state index < -0.39 is 10.8 Å². The number of para-hydroxylation sites is 3. The second kappa shape index (κ2) is 7.43. The summed E-state index contributed by atoms with van der Waals surface area (Å²) in [6, 6.07) is 13.3. The zero-order valence-electron chi connectivity index (χ0n) is 13.2. The summed E-state index contributed by atoms with van der Waals surface area (Å²) in [5.41, 5.74) is 3.75. The summed E-state index contributed by atoms with van der Waals surface area (Å²) < 4.78 is 10.7. The molecule has 1 aliphatic heterocycles. The van der Waals surface area contributed by atoms with E-state index in [-0.39, 0.29) is 18.0 Å². The van der Waals surface area contributed by atoms with E-state index in [1.165, 1.54) is 18.2 Å². The van der Waals surface area contributed by atoms with Crippen LogP contribution < -0.4 is 14.9 Å². The minimum absolute atomic E-state index is 0.0340. The smallest absolute Gasteiger partial charge is 0.310 e. The third kappa shape index (κ3) is 3.92. The van der Waals surface area contributed by atoms with Crippen LogP contribution in [0.2, 0.25) is 0 Å². The van der Waals surface area contributed by atoms with Crippen LogP contribution in [0.1, 0.15) is 12.0 Å². The molecule has 0 saturated carbocycles. The Bertz CT molecular complexity index is 835. The molecule has 0 bridgehead atoms. The molecule has 0 spiro atoms. The van der Waals surface area contributed by atoms with Gasteiger partial charge in [-0.3, -0.25) is 14.9 Å². The number of fused-ring (bicyclic) bond motifs is 1. The number of nitrogens with zero attached hydrogens (tertiary/aromatic N) is 2. The maximum atomic E-state index is 11.9. The van der Waals surface area contributed by atoms with Crippen LogP contribution in [-0.4, -0.2) is 29.8 Å². The molecular weight excluding hydrogens is 326 g/mol. The number of hydrogen-bond acceptors (Lipinski definition) is 6. The van der Waals surface area contributed by atoms with Gasteiger partial charge in [0.15, 0.2) is 12.4 Å². The van der Waals surface area contributed by atoms with Gasteiger partial charge in [-0.25, -0.2) is 5.43 Å². The highest BCUT2D eigenvalue weighted by molar-refractivity contribution is 6.04. The lowest BCUT2D eigenvalue weighted by atomic mass is 10.0. The van der Waals surface area contributed by atoms with E-state index in [4.69, 9.17) is 9.47 Å². The fourth-order valence-electron chi connectivity index (χ4n) is 2.37. The van der Waals surface area contributed by atoms with Crippen molar-refractivity contribution in [2.24, 2.45) is 5.10 Å². The zero-order chi connectivity index (χ0) is 17.6. The van der Waals surface area contributed by atoms with Gasteiger partial charge >= 0.3 is 5.69 Å². The average molecular weight is 341 g/mol. The van der Waals surface area contributed by atoms with E-state index in [9.17, 15) is 14.9 Å². The number of amides is 1. The van der Waals surface area contributed by atoms with Crippen LogP contribution in [0.4, 0.5) is 5.69 Å². The van der Waals surface area contributed by atoms with Crippen LogP contribution in [0.15, 0.2) is 53.6 Å². The van der Waals surface area contributed by atoms with Gasteiger partial charge in [0, 0.05) is 18.1 Å². The first kappa shape index (κ1) is 16.4. The summed E-state index contributed by atoms with van der Waals surface area (Å²) in [5.74, 6) is 0.249. The Balaban J connectivity index is 1.62. The summed E-state index contributed by atoms with van der Waals surface area (Å²) in [6.45, 7) is 0.109. The summed E-state index contributed by atoms with van der Waals surface area (Å²) in [6.07, 6.45) is 0.572.